The number of benzene rings is 2. The van der Waals surface area contributed by atoms with Gasteiger partial charge in [-0.25, -0.2) is 9.78 Å². The monoisotopic (exact) mass is 323 g/mol. The van der Waals surface area contributed by atoms with Crippen LogP contribution in [-0.2, 0) is 0 Å². The second-order valence-electron chi connectivity index (χ2n) is 6.38. The molecule has 1 aromatic heterocycles. The molecule has 0 aliphatic carbocycles. The fourth-order valence-electron chi connectivity index (χ4n) is 2.79. The maximum Gasteiger partial charge on any atom is 0.335 e. The Morgan fingerprint density at radius 2 is 1.79 bits per heavy atom. The number of fused-ring (bicyclic) bond motifs is 1. The average Bonchev–Trinajstić information content (AvgIpc) is 2.93. The van der Waals surface area contributed by atoms with E-state index in [2.05, 4.69) is 52.6 Å². The molecule has 0 saturated heterocycles. The molecule has 0 spiro atoms. The van der Waals surface area contributed by atoms with Gasteiger partial charge in [0.05, 0.1) is 16.6 Å². The summed E-state index contributed by atoms with van der Waals surface area (Å²) in [5.41, 5.74) is 4.03. The van der Waals surface area contributed by atoms with Gasteiger partial charge in [0, 0.05) is 31.4 Å². The van der Waals surface area contributed by atoms with Crippen molar-refractivity contribution in [2.24, 2.45) is 0 Å². The molecule has 3 rings (SSSR count). The van der Waals surface area contributed by atoms with Crippen LogP contribution in [0.5, 0.6) is 0 Å². The molecule has 3 aromatic rings. The van der Waals surface area contributed by atoms with E-state index in [1.807, 2.05) is 20.2 Å². The van der Waals surface area contributed by atoms with Gasteiger partial charge in [-0.1, -0.05) is 13.8 Å². The van der Waals surface area contributed by atoms with Gasteiger partial charge in [0.15, 0.2) is 0 Å². The van der Waals surface area contributed by atoms with Gasteiger partial charge in [-0.2, -0.15) is 0 Å². The molecule has 2 aromatic carbocycles. The van der Waals surface area contributed by atoms with Gasteiger partial charge in [0.25, 0.3) is 0 Å². The number of aromatic nitrogens is 2. The zero-order chi connectivity index (χ0) is 17.4. The minimum absolute atomic E-state index is 0.221. The maximum atomic E-state index is 11.2. The van der Waals surface area contributed by atoms with E-state index in [0.29, 0.717) is 5.52 Å². The van der Waals surface area contributed by atoms with E-state index in [0.717, 1.165) is 22.7 Å². The van der Waals surface area contributed by atoms with Crippen LogP contribution in [0.4, 0.5) is 5.69 Å². The van der Waals surface area contributed by atoms with Crippen LogP contribution in [-0.4, -0.2) is 34.7 Å². The number of carboxylic acids is 1. The number of carboxylic acid groups (broad SMARTS) is 1. The average molecular weight is 323 g/mol. The van der Waals surface area contributed by atoms with E-state index in [1.54, 1.807) is 12.1 Å². The normalized spacial score (nSPS) is 11.2. The molecule has 5 nitrogen and oxygen atoms in total. The summed E-state index contributed by atoms with van der Waals surface area (Å²) < 4.78 is 2.10. The Morgan fingerprint density at radius 3 is 2.33 bits per heavy atom. The van der Waals surface area contributed by atoms with Gasteiger partial charge in [0.1, 0.15) is 5.82 Å². The molecule has 0 radical (unpaired) electrons. The van der Waals surface area contributed by atoms with Crippen molar-refractivity contribution in [2.75, 3.05) is 19.0 Å². The van der Waals surface area contributed by atoms with E-state index in [9.17, 15) is 9.90 Å². The molecular formula is C19H21N3O2. The van der Waals surface area contributed by atoms with Crippen molar-refractivity contribution >= 4 is 22.7 Å². The van der Waals surface area contributed by atoms with Crippen molar-refractivity contribution < 1.29 is 9.90 Å². The Morgan fingerprint density at radius 1 is 1.12 bits per heavy atom. The first-order chi connectivity index (χ1) is 11.4. The molecule has 1 N–H and O–H groups in total. The van der Waals surface area contributed by atoms with Crippen LogP contribution in [0.2, 0.25) is 0 Å². The minimum atomic E-state index is -0.937. The molecule has 0 amide bonds. The second-order valence-corrected chi connectivity index (χ2v) is 6.38. The zero-order valence-electron chi connectivity index (χ0n) is 14.3. The highest BCUT2D eigenvalue weighted by atomic mass is 16.4. The third-order valence-corrected chi connectivity index (χ3v) is 4.07. The lowest BCUT2D eigenvalue weighted by Crippen LogP contribution is -2.09. The van der Waals surface area contributed by atoms with Crippen molar-refractivity contribution in [3.63, 3.8) is 0 Å². The highest BCUT2D eigenvalue weighted by Gasteiger charge is 2.16. The SMILES string of the molecule is CC(C)c1nc2cc(C(=O)O)ccc2n1-c1ccc(N(C)C)cc1. The summed E-state index contributed by atoms with van der Waals surface area (Å²) >= 11 is 0. The number of anilines is 1. The first kappa shape index (κ1) is 16.1. The van der Waals surface area contributed by atoms with Crippen LogP contribution < -0.4 is 4.90 Å². The highest BCUT2D eigenvalue weighted by molar-refractivity contribution is 5.93. The van der Waals surface area contributed by atoms with Gasteiger partial charge in [0.2, 0.25) is 0 Å². The summed E-state index contributed by atoms with van der Waals surface area (Å²) in [6.45, 7) is 4.17. The van der Waals surface area contributed by atoms with Gasteiger partial charge < -0.3 is 10.0 Å². The van der Waals surface area contributed by atoms with E-state index >= 15 is 0 Å². The van der Waals surface area contributed by atoms with Crippen LogP contribution in [0, 0.1) is 0 Å². The van der Waals surface area contributed by atoms with Crippen molar-refractivity contribution in [3.8, 4) is 5.69 Å². The van der Waals surface area contributed by atoms with Gasteiger partial charge >= 0.3 is 5.97 Å². The third kappa shape index (κ3) is 2.73. The number of nitrogens with zero attached hydrogens (tertiary/aromatic N) is 3. The third-order valence-electron chi connectivity index (χ3n) is 4.07. The minimum Gasteiger partial charge on any atom is -0.478 e. The molecule has 124 valence electrons. The molecule has 0 unspecified atom stereocenters. The van der Waals surface area contributed by atoms with E-state index in [-0.39, 0.29) is 11.5 Å². The predicted molar refractivity (Wildman–Crippen MR) is 96.4 cm³/mol. The van der Waals surface area contributed by atoms with Crippen molar-refractivity contribution in [1.82, 2.24) is 9.55 Å². The molecule has 24 heavy (non-hydrogen) atoms. The number of rotatable bonds is 4. The number of imidazole rings is 1. The summed E-state index contributed by atoms with van der Waals surface area (Å²) in [7, 11) is 4.02. The molecule has 0 aliphatic heterocycles. The Balaban J connectivity index is 2.21. The summed E-state index contributed by atoms with van der Waals surface area (Å²) in [4.78, 5) is 17.9. The lowest BCUT2D eigenvalue weighted by Gasteiger charge is -2.15. The molecule has 0 bridgehead atoms. The molecule has 0 atom stereocenters. The molecule has 0 aliphatic rings. The van der Waals surface area contributed by atoms with Crippen LogP contribution >= 0.6 is 0 Å². The first-order valence-electron chi connectivity index (χ1n) is 7.92. The molecule has 0 fully saturated rings. The van der Waals surface area contributed by atoms with Crippen LogP contribution in [0.3, 0.4) is 0 Å². The lowest BCUT2D eigenvalue weighted by atomic mass is 10.2. The quantitative estimate of drug-likeness (QED) is 0.791. The van der Waals surface area contributed by atoms with E-state index in [1.165, 1.54) is 0 Å². The second kappa shape index (κ2) is 6.00. The van der Waals surface area contributed by atoms with Crippen molar-refractivity contribution in [3.05, 3.63) is 53.9 Å². The van der Waals surface area contributed by atoms with E-state index < -0.39 is 5.97 Å². The fraction of sp³-hybridized carbons (Fsp3) is 0.263. The largest absolute Gasteiger partial charge is 0.478 e. The topological polar surface area (TPSA) is 58.4 Å². The molecule has 0 saturated carbocycles. The fourth-order valence-corrected chi connectivity index (χ4v) is 2.79. The summed E-state index contributed by atoms with van der Waals surface area (Å²) in [5, 5.41) is 9.19. The number of carbonyl (C=O) groups is 1. The van der Waals surface area contributed by atoms with Crippen LogP contribution in [0.15, 0.2) is 42.5 Å². The number of aromatic carboxylic acids is 1. The molecule has 5 heteroatoms. The highest BCUT2D eigenvalue weighted by Crippen LogP contribution is 2.27. The zero-order valence-corrected chi connectivity index (χ0v) is 14.3. The van der Waals surface area contributed by atoms with Gasteiger partial charge in [-0.15, -0.1) is 0 Å². The predicted octanol–water partition coefficient (Wildman–Crippen LogP) is 3.91. The van der Waals surface area contributed by atoms with Crippen LogP contribution in [0.1, 0.15) is 35.9 Å². The van der Waals surface area contributed by atoms with Gasteiger partial charge in [-0.3, -0.25) is 4.57 Å². The van der Waals surface area contributed by atoms with Gasteiger partial charge in [-0.05, 0) is 42.5 Å². The van der Waals surface area contributed by atoms with E-state index in [4.69, 9.17) is 0 Å². The van der Waals surface area contributed by atoms with Crippen LogP contribution in [0.25, 0.3) is 16.7 Å². The Hall–Kier alpha value is -2.82. The van der Waals surface area contributed by atoms with Crippen molar-refractivity contribution in [2.45, 2.75) is 19.8 Å². The lowest BCUT2D eigenvalue weighted by molar-refractivity contribution is 0.0697. The molecular weight excluding hydrogens is 302 g/mol. The Kier molecular flexibility index (Phi) is 4.01. The Bertz CT molecular complexity index is 893. The summed E-state index contributed by atoms with van der Waals surface area (Å²) in [6, 6.07) is 13.3. The Labute approximate surface area is 141 Å². The first-order valence-corrected chi connectivity index (χ1v) is 7.92. The van der Waals surface area contributed by atoms with Crippen molar-refractivity contribution in [1.29, 1.82) is 0 Å². The molecule has 1 heterocycles. The maximum absolute atomic E-state index is 11.2. The number of hydrogen-bond donors (Lipinski definition) is 1. The summed E-state index contributed by atoms with van der Waals surface area (Å²) in [5.74, 6) is 0.206. The standard InChI is InChI=1S/C19H21N3O2/c1-12(2)18-20-16-11-13(19(23)24)5-10-17(16)22(18)15-8-6-14(7-9-15)21(3)4/h5-12H,1-4H3,(H,23,24). The smallest absolute Gasteiger partial charge is 0.335 e. The summed E-state index contributed by atoms with van der Waals surface area (Å²) in [6.07, 6.45) is 0. The number of hydrogen-bond acceptors (Lipinski definition) is 3.